The predicted molar refractivity (Wildman–Crippen MR) is 118 cm³/mol. The monoisotopic (exact) mass is 460 g/mol. The zero-order chi connectivity index (χ0) is 20.6. The van der Waals surface area contributed by atoms with E-state index < -0.39 is 0 Å². The number of hydrogen-bond donors (Lipinski definition) is 0. The van der Waals surface area contributed by atoms with Gasteiger partial charge in [-0.05, 0) is 43.2 Å². The van der Waals surface area contributed by atoms with Crippen LogP contribution in [0, 0.1) is 0 Å². The summed E-state index contributed by atoms with van der Waals surface area (Å²) in [6, 6.07) is 14.1. The molecule has 156 valence electrons. The maximum Gasteiger partial charge on any atom is 0.227 e. The number of halogens is 1. The van der Waals surface area contributed by atoms with Gasteiger partial charge in [0.15, 0.2) is 11.5 Å². The van der Waals surface area contributed by atoms with E-state index in [4.69, 9.17) is 9.47 Å². The van der Waals surface area contributed by atoms with Crippen molar-refractivity contribution >= 4 is 21.8 Å². The lowest BCUT2D eigenvalue weighted by Crippen LogP contribution is -2.48. The summed E-state index contributed by atoms with van der Waals surface area (Å²) < 4.78 is 12.4. The van der Waals surface area contributed by atoms with Crippen LogP contribution in [0.3, 0.4) is 0 Å². The Balaban J connectivity index is 1.54. The predicted octanol–water partition coefficient (Wildman–Crippen LogP) is 4.13. The van der Waals surface area contributed by atoms with E-state index in [0.717, 1.165) is 48.5 Å². The van der Waals surface area contributed by atoms with Gasteiger partial charge in [-0.3, -0.25) is 9.69 Å². The van der Waals surface area contributed by atoms with Gasteiger partial charge in [0.2, 0.25) is 5.91 Å². The maximum absolute atomic E-state index is 12.8. The van der Waals surface area contributed by atoms with Gasteiger partial charge in [-0.1, -0.05) is 40.2 Å². The Morgan fingerprint density at radius 2 is 1.66 bits per heavy atom. The lowest BCUT2D eigenvalue weighted by atomic mass is 10.1. The smallest absolute Gasteiger partial charge is 0.227 e. The highest BCUT2D eigenvalue weighted by Gasteiger charge is 2.22. The van der Waals surface area contributed by atoms with Crippen molar-refractivity contribution in [3.8, 4) is 11.5 Å². The van der Waals surface area contributed by atoms with Gasteiger partial charge in [0.1, 0.15) is 0 Å². The first-order valence-corrected chi connectivity index (χ1v) is 11.0. The molecule has 6 heteroatoms. The Bertz CT molecular complexity index is 820. The van der Waals surface area contributed by atoms with Crippen molar-refractivity contribution in [2.75, 3.05) is 39.4 Å². The van der Waals surface area contributed by atoms with Gasteiger partial charge in [-0.2, -0.15) is 0 Å². The van der Waals surface area contributed by atoms with Crippen LogP contribution in [0.1, 0.15) is 25.0 Å². The van der Waals surface area contributed by atoms with Crippen molar-refractivity contribution < 1.29 is 14.3 Å². The summed E-state index contributed by atoms with van der Waals surface area (Å²) in [5.41, 5.74) is 2.24. The zero-order valence-electron chi connectivity index (χ0n) is 17.2. The molecule has 1 amide bonds. The van der Waals surface area contributed by atoms with Crippen molar-refractivity contribution in [2.45, 2.75) is 26.8 Å². The number of nitrogens with zero attached hydrogens (tertiary/aromatic N) is 2. The van der Waals surface area contributed by atoms with Crippen LogP contribution in [-0.4, -0.2) is 55.1 Å². The topological polar surface area (TPSA) is 42.0 Å². The highest BCUT2D eigenvalue weighted by atomic mass is 79.9. The number of benzene rings is 2. The molecule has 2 aromatic carbocycles. The highest BCUT2D eigenvalue weighted by Crippen LogP contribution is 2.29. The number of carbonyl (C=O) groups excluding carboxylic acids is 1. The summed E-state index contributed by atoms with van der Waals surface area (Å²) in [6.07, 6.45) is 0.386. The molecule has 0 bridgehead atoms. The molecule has 3 rings (SSSR count). The molecule has 0 saturated carbocycles. The normalized spacial score (nSPS) is 14.7. The summed E-state index contributed by atoms with van der Waals surface area (Å²) in [5, 5.41) is 0. The quantitative estimate of drug-likeness (QED) is 0.593. The molecule has 0 aliphatic carbocycles. The van der Waals surface area contributed by atoms with Crippen LogP contribution in [0.25, 0.3) is 0 Å². The zero-order valence-corrected chi connectivity index (χ0v) is 18.8. The molecular formula is C23H29BrN2O3. The lowest BCUT2D eigenvalue weighted by molar-refractivity contribution is -0.132. The first-order valence-electron chi connectivity index (χ1n) is 10.2. The van der Waals surface area contributed by atoms with Crippen LogP contribution in [0.4, 0.5) is 0 Å². The lowest BCUT2D eigenvalue weighted by Gasteiger charge is -2.35. The fourth-order valence-corrected chi connectivity index (χ4v) is 3.92. The maximum atomic E-state index is 12.8. The van der Waals surface area contributed by atoms with E-state index in [1.54, 1.807) is 0 Å². The van der Waals surface area contributed by atoms with Gasteiger partial charge in [0.05, 0.1) is 19.6 Å². The van der Waals surface area contributed by atoms with Crippen LogP contribution in [-0.2, 0) is 17.8 Å². The van der Waals surface area contributed by atoms with E-state index in [2.05, 4.69) is 39.0 Å². The van der Waals surface area contributed by atoms with E-state index in [0.29, 0.717) is 25.4 Å². The van der Waals surface area contributed by atoms with Crippen LogP contribution in [0.5, 0.6) is 11.5 Å². The molecule has 0 aromatic heterocycles. The molecule has 0 spiro atoms. The van der Waals surface area contributed by atoms with Crippen LogP contribution >= 0.6 is 15.9 Å². The van der Waals surface area contributed by atoms with Crippen molar-refractivity contribution in [3.05, 3.63) is 58.1 Å². The Labute approximate surface area is 181 Å². The van der Waals surface area contributed by atoms with E-state index in [9.17, 15) is 4.79 Å². The molecule has 1 heterocycles. The third-order valence-electron chi connectivity index (χ3n) is 5.04. The second-order valence-corrected chi connectivity index (χ2v) is 7.93. The van der Waals surface area contributed by atoms with Gasteiger partial charge < -0.3 is 14.4 Å². The van der Waals surface area contributed by atoms with Crippen LogP contribution < -0.4 is 9.47 Å². The molecule has 0 radical (unpaired) electrons. The summed E-state index contributed by atoms with van der Waals surface area (Å²) >= 11 is 3.62. The number of carbonyl (C=O) groups is 1. The largest absolute Gasteiger partial charge is 0.490 e. The second kappa shape index (κ2) is 10.6. The van der Waals surface area contributed by atoms with Gasteiger partial charge in [0, 0.05) is 37.2 Å². The minimum atomic E-state index is 0.164. The molecule has 0 atom stereocenters. The Morgan fingerprint density at radius 3 is 2.34 bits per heavy atom. The number of piperazine rings is 1. The Kier molecular flexibility index (Phi) is 7.95. The van der Waals surface area contributed by atoms with Crippen molar-refractivity contribution in [1.82, 2.24) is 9.80 Å². The van der Waals surface area contributed by atoms with Crippen molar-refractivity contribution in [2.24, 2.45) is 0 Å². The van der Waals surface area contributed by atoms with E-state index >= 15 is 0 Å². The molecule has 5 nitrogen and oxygen atoms in total. The molecular weight excluding hydrogens is 432 g/mol. The molecule has 1 aliphatic heterocycles. The summed E-state index contributed by atoms with van der Waals surface area (Å²) in [4.78, 5) is 17.2. The number of rotatable bonds is 8. The number of amides is 1. The summed E-state index contributed by atoms with van der Waals surface area (Å²) in [7, 11) is 0. The minimum absolute atomic E-state index is 0.164. The van der Waals surface area contributed by atoms with Crippen LogP contribution in [0.2, 0.25) is 0 Å². The van der Waals surface area contributed by atoms with E-state index in [-0.39, 0.29) is 5.91 Å². The van der Waals surface area contributed by atoms with Gasteiger partial charge in [-0.25, -0.2) is 0 Å². The van der Waals surface area contributed by atoms with Gasteiger partial charge >= 0.3 is 0 Å². The molecule has 29 heavy (non-hydrogen) atoms. The molecule has 1 saturated heterocycles. The van der Waals surface area contributed by atoms with Gasteiger partial charge in [0.25, 0.3) is 0 Å². The second-order valence-electron chi connectivity index (χ2n) is 7.07. The third kappa shape index (κ3) is 5.97. The number of hydrogen-bond acceptors (Lipinski definition) is 4. The molecule has 1 aliphatic rings. The summed E-state index contributed by atoms with van der Waals surface area (Å²) in [5.74, 6) is 1.60. The molecule has 1 fully saturated rings. The van der Waals surface area contributed by atoms with E-state index in [1.165, 1.54) is 5.56 Å². The number of ether oxygens (including phenoxy) is 2. The standard InChI is InChI=1S/C23H29BrN2O3/c1-3-28-21-10-9-18(15-22(21)29-4-2)16-23(27)26-13-11-25(12-14-26)17-19-7-5-6-8-20(19)24/h5-10,15H,3-4,11-14,16-17H2,1-2H3. The van der Waals surface area contributed by atoms with Crippen molar-refractivity contribution in [1.29, 1.82) is 0 Å². The molecule has 2 aromatic rings. The first kappa shape index (κ1) is 21.7. The average molecular weight is 461 g/mol. The van der Waals surface area contributed by atoms with Gasteiger partial charge in [-0.15, -0.1) is 0 Å². The Morgan fingerprint density at radius 1 is 0.966 bits per heavy atom. The fraction of sp³-hybridized carbons (Fsp3) is 0.435. The highest BCUT2D eigenvalue weighted by molar-refractivity contribution is 9.10. The molecule has 0 unspecified atom stereocenters. The summed E-state index contributed by atoms with van der Waals surface area (Å²) in [6.45, 7) is 9.25. The Hall–Kier alpha value is -2.05. The molecule has 0 N–H and O–H groups in total. The average Bonchev–Trinajstić information content (AvgIpc) is 2.72. The minimum Gasteiger partial charge on any atom is -0.490 e. The fourth-order valence-electron chi connectivity index (χ4n) is 3.51. The SMILES string of the molecule is CCOc1ccc(CC(=O)N2CCN(Cc3ccccc3Br)CC2)cc1OCC. The third-order valence-corrected chi connectivity index (χ3v) is 5.81. The van der Waals surface area contributed by atoms with Crippen LogP contribution in [0.15, 0.2) is 46.9 Å². The van der Waals surface area contributed by atoms with Crippen molar-refractivity contribution in [3.63, 3.8) is 0 Å². The van der Waals surface area contributed by atoms with E-state index in [1.807, 2.05) is 43.0 Å². The first-order chi connectivity index (χ1) is 14.1.